The van der Waals surface area contributed by atoms with Gasteiger partial charge in [0.2, 0.25) is 10.0 Å². The molecule has 0 aliphatic heterocycles. The molecular weight excluding hydrogens is 394 g/mol. The van der Waals surface area contributed by atoms with Gasteiger partial charge in [0, 0.05) is 6.07 Å². The third kappa shape index (κ3) is 5.60. The smallest absolute Gasteiger partial charge is 0.338 e. The number of sulfonamides is 1. The molecule has 2 aromatic carbocycles. The van der Waals surface area contributed by atoms with Gasteiger partial charge in [-0.2, -0.15) is 4.72 Å². The van der Waals surface area contributed by atoms with Crippen LogP contribution in [0, 0.1) is 24.0 Å². The predicted octanol–water partition coefficient (Wildman–Crippen LogP) is 1.67. The van der Waals surface area contributed by atoms with Crippen LogP contribution in [0.15, 0.2) is 47.4 Å². The first-order valence-electron chi connectivity index (χ1n) is 7.68. The molecule has 2 N–H and O–H groups in total. The summed E-state index contributed by atoms with van der Waals surface area (Å²) in [6.07, 6.45) is 5.00. The van der Waals surface area contributed by atoms with E-state index in [4.69, 9.17) is 11.2 Å². The lowest BCUT2D eigenvalue weighted by Crippen LogP contribution is -2.24. The number of hydrogen-bond donors (Lipinski definition) is 2. The number of nitrogens with one attached hydrogen (secondary N) is 2. The molecule has 0 fully saturated rings. The minimum absolute atomic E-state index is 0.121. The van der Waals surface area contributed by atoms with E-state index in [9.17, 15) is 26.8 Å². The van der Waals surface area contributed by atoms with E-state index in [2.05, 4.69) is 16.0 Å². The van der Waals surface area contributed by atoms with E-state index in [0.29, 0.717) is 6.07 Å². The number of carbonyl (C=O) groups is 2. The highest BCUT2D eigenvalue weighted by molar-refractivity contribution is 7.89. The topological polar surface area (TPSA) is 102 Å². The highest BCUT2D eigenvalue weighted by Gasteiger charge is 2.17. The number of esters is 1. The van der Waals surface area contributed by atoms with Crippen molar-refractivity contribution in [3.05, 3.63) is 59.7 Å². The number of terminal acetylenes is 1. The lowest BCUT2D eigenvalue weighted by atomic mass is 10.2. The molecule has 0 unspecified atom stereocenters. The maximum Gasteiger partial charge on any atom is 0.338 e. The minimum atomic E-state index is -3.91. The van der Waals surface area contributed by atoms with Crippen molar-refractivity contribution in [3.8, 4) is 12.3 Å². The molecule has 1 amide bonds. The van der Waals surface area contributed by atoms with Gasteiger partial charge in [-0.3, -0.25) is 4.79 Å². The Kier molecular flexibility index (Phi) is 6.81. The largest absolute Gasteiger partial charge is 0.452 e. The van der Waals surface area contributed by atoms with Gasteiger partial charge in [-0.05, 0) is 30.3 Å². The van der Waals surface area contributed by atoms with E-state index < -0.39 is 40.1 Å². The number of benzene rings is 2. The number of hydrogen-bond acceptors (Lipinski definition) is 5. The molecular formula is C18H14F2N2O5S. The zero-order chi connectivity index (χ0) is 20.7. The first-order valence-corrected chi connectivity index (χ1v) is 9.16. The summed E-state index contributed by atoms with van der Waals surface area (Å²) in [4.78, 5) is 23.6. The standard InChI is InChI=1S/C18H14F2N2O5S/c1-2-8-21-28(25,26)14-5-3-4-12(9-14)18(24)27-11-17(23)22-16-7-6-13(19)10-15(16)20/h1,3-7,9-10,21H,8,11H2,(H,22,23). The minimum Gasteiger partial charge on any atom is -0.452 e. The SMILES string of the molecule is C#CCNS(=O)(=O)c1cccc(C(=O)OCC(=O)Nc2ccc(F)cc2F)c1. The fourth-order valence-electron chi connectivity index (χ4n) is 2.00. The summed E-state index contributed by atoms with van der Waals surface area (Å²) >= 11 is 0. The second-order valence-corrected chi connectivity index (χ2v) is 7.07. The highest BCUT2D eigenvalue weighted by Crippen LogP contribution is 2.15. The van der Waals surface area contributed by atoms with Crippen molar-refractivity contribution in [1.29, 1.82) is 0 Å². The average molecular weight is 408 g/mol. The summed E-state index contributed by atoms with van der Waals surface area (Å²) in [6.45, 7) is -0.987. The number of anilines is 1. The molecule has 0 aromatic heterocycles. The maximum atomic E-state index is 13.5. The number of rotatable bonds is 7. The molecule has 2 rings (SSSR count). The molecule has 0 saturated carbocycles. The summed E-state index contributed by atoms with van der Waals surface area (Å²) in [6, 6.07) is 7.46. The Hall–Kier alpha value is -3.29. The van der Waals surface area contributed by atoms with Crippen molar-refractivity contribution in [3.63, 3.8) is 0 Å². The van der Waals surface area contributed by atoms with Crippen molar-refractivity contribution in [2.45, 2.75) is 4.90 Å². The second-order valence-electron chi connectivity index (χ2n) is 5.30. The quantitative estimate of drug-likeness (QED) is 0.536. The molecule has 0 saturated heterocycles. The fraction of sp³-hybridized carbons (Fsp3) is 0.111. The predicted molar refractivity (Wildman–Crippen MR) is 95.7 cm³/mol. The van der Waals surface area contributed by atoms with Crippen LogP contribution in [0.3, 0.4) is 0 Å². The molecule has 10 heteroatoms. The van der Waals surface area contributed by atoms with Crippen LogP contribution in [0.25, 0.3) is 0 Å². The van der Waals surface area contributed by atoms with Crippen LogP contribution in [0.2, 0.25) is 0 Å². The molecule has 0 heterocycles. The Morgan fingerprint density at radius 3 is 2.57 bits per heavy atom. The van der Waals surface area contributed by atoms with Crippen LogP contribution in [0.1, 0.15) is 10.4 Å². The second kappa shape index (κ2) is 9.07. The van der Waals surface area contributed by atoms with E-state index in [1.807, 2.05) is 0 Å². The zero-order valence-corrected chi connectivity index (χ0v) is 15.1. The molecule has 146 valence electrons. The third-order valence-corrected chi connectivity index (χ3v) is 4.68. The highest BCUT2D eigenvalue weighted by atomic mass is 32.2. The van der Waals surface area contributed by atoms with Gasteiger partial charge in [0.05, 0.1) is 22.7 Å². The molecule has 0 bridgehead atoms. The van der Waals surface area contributed by atoms with Crippen LogP contribution >= 0.6 is 0 Å². The van der Waals surface area contributed by atoms with Gasteiger partial charge in [0.1, 0.15) is 11.6 Å². The van der Waals surface area contributed by atoms with Gasteiger partial charge in [-0.15, -0.1) is 6.42 Å². The van der Waals surface area contributed by atoms with Crippen molar-refractivity contribution in [2.24, 2.45) is 0 Å². The van der Waals surface area contributed by atoms with E-state index in [-0.39, 0.29) is 22.7 Å². The summed E-state index contributed by atoms with van der Waals surface area (Å²) in [5.41, 5.74) is -0.403. The molecule has 0 radical (unpaired) electrons. The molecule has 28 heavy (non-hydrogen) atoms. The molecule has 0 atom stereocenters. The molecule has 0 aliphatic carbocycles. The lowest BCUT2D eigenvalue weighted by Gasteiger charge is -2.09. The molecule has 7 nitrogen and oxygen atoms in total. The van der Waals surface area contributed by atoms with Crippen LogP contribution in [0.5, 0.6) is 0 Å². The zero-order valence-electron chi connectivity index (χ0n) is 14.2. The van der Waals surface area contributed by atoms with Crippen molar-refractivity contribution >= 4 is 27.6 Å². The summed E-state index contributed by atoms with van der Waals surface area (Å²) < 4.78 is 57.2. The Balaban J connectivity index is 2.00. The number of amides is 1. The Labute approximate surface area is 159 Å². The van der Waals surface area contributed by atoms with Crippen molar-refractivity contribution < 1.29 is 31.5 Å². The Morgan fingerprint density at radius 2 is 1.89 bits per heavy atom. The molecule has 2 aromatic rings. The summed E-state index contributed by atoms with van der Waals surface area (Å²) in [7, 11) is -3.91. The number of carbonyl (C=O) groups excluding carboxylic acids is 2. The van der Waals surface area contributed by atoms with Gasteiger partial charge in [-0.25, -0.2) is 22.0 Å². The summed E-state index contributed by atoms with van der Waals surface area (Å²) in [5.74, 6) is -1.52. The van der Waals surface area contributed by atoms with Crippen LogP contribution in [-0.2, 0) is 19.6 Å². The van der Waals surface area contributed by atoms with E-state index in [1.165, 1.54) is 18.2 Å². The van der Waals surface area contributed by atoms with E-state index in [0.717, 1.165) is 18.2 Å². The first kappa shape index (κ1) is 21.0. The van der Waals surface area contributed by atoms with Gasteiger partial charge in [0.25, 0.3) is 5.91 Å². The van der Waals surface area contributed by atoms with Gasteiger partial charge < -0.3 is 10.1 Å². The van der Waals surface area contributed by atoms with Gasteiger partial charge in [0.15, 0.2) is 6.61 Å². The molecule has 0 aliphatic rings. The first-order chi connectivity index (χ1) is 13.2. The lowest BCUT2D eigenvalue weighted by molar-refractivity contribution is -0.119. The fourth-order valence-corrected chi connectivity index (χ4v) is 2.98. The molecule has 0 spiro atoms. The maximum absolute atomic E-state index is 13.5. The number of halogens is 2. The van der Waals surface area contributed by atoms with Gasteiger partial charge >= 0.3 is 5.97 Å². The van der Waals surface area contributed by atoms with Gasteiger partial charge in [-0.1, -0.05) is 12.0 Å². The summed E-state index contributed by atoms with van der Waals surface area (Å²) in [5, 5.41) is 2.12. The average Bonchev–Trinajstić information content (AvgIpc) is 2.67. The normalized spacial score (nSPS) is 10.8. The Morgan fingerprint density at radius 1 is 1.14 bits per heavy atom. The van der Waals surface area contributed by atoms with Crippen molar-refractivity contribution in [1.82, 2.24) is 4.72 Å². The van der Waals surface area contributed by atoms with Crippen molar-refractivity contribution in [2.75, 3.05) is 18.5 Å². The number of ether oxygens (including phenoxy) is 1. The van der Waals surface area contributed by atoms with Crippen LogP contribution < -0.4 is 10.0 Å². The van der Waals surface area contributed by atoms with E-state index >= 15 is 0 Å². The Bertz CT molecular complexity index is 1050. The van der Waals surface area contributed by atoms with E-state index in [1.54, 1.807) is 0 Å². The third-order valence-electron chi connectivity index (χ3n) is 3.28. The monoisotopic (exact) mass is 408 g/mol. The van der Waals surface area contributed by atoms with Crippen LogP contribution in [-0.4, -0.2) is 33.4 Å². The van der Waals surface area contributed by atoms with Crippen LogP contribution in [0.4, 0.5) is 14.5 Å².